The zero-order valence-corrected chi connectivity index (χ0v) is 12.6. The molecule has 0 spiro atoms. The van der Waals surface area contributed by atoms with Crippen LogP contribution < -0.4 is 5.32 Å². The number of carbonyl (C=O) groups is 3. The number of aliphatic hydroxyl groups is 1. The molecule has 0 saturated carbocycles. The van der Waals surface area contributed by atoms with Crippen molar-refractivity contribution in [3.8, 4) is 0 Å². The number of urea groups is 1. The number of nitrogens with one attached hydrogen (secondary N) is 1. The number of hydrogen-bond acceptors (Lipinski definition) is 4. The third kappa shape index (κ3) is 4.07. The molecule has 0 aromatic carbocycles. The third-order valence-electron chi connectivity index (χ3n) is 3.61. The van der Waals surface area contributed by atoms with Gasteiger partial charge in [0.25, 0.3) is 0 Å². The second-order valence-corrected chi connectivity index (χ2v) is 5.08. The van der Waals surface area contributed by atoms with Crippen molar-refractivity contribution in [3.63, 3.8) is 0 Å². The number of rotatable bonds is 5. The zero-order chi connectivity index (χ0) is 16.2. The van der Waals surface area contributed by atoms with Crippen LogP contribution in [-0.4, -0.2) is 75.7 Å². The van der Waals surface area contributed by atoms with Crippen molar-refractivity contribution in [1.29, 1.82) is 0 Å². The van der Waals surface area contributed by atoms with Gasteiger partial charge in [-0.25, -0.2) is 9.59 Å². The molecule has 3 amide bonds. The minimum Gasteiger partial charge on any atom is -0.480 e. The van der Waals surface area contributed by atoms with Crippen LogP contribution in [-0.2, 0) is 9.59 Å². The number of hydrogen-bond donors (Lipinski definition) is 3. The van der Waals surface area contributed by atoms with Gasteiger partial charge in [0.1, 0.15) is 12.1 Å². The largest absolute Gasteiger partial charge is 0.480 e. The Balaban J connectivity index is 2.67. The average Bonchev–Trinajstić information content (AvgIpc) is 2.82. The van der Waals surface area contributed by atoms with Crippen molar-refractivity contribution in [2.24, 2.45) is 0 Å². The molecule has 0 aromatic heterocycles. The number of carbonyl (C=O) groups excluding carboxylic acids is 2. The highest BCUT2D eigenvalue weighted by Gasteiger charge is 2.39. The van der Waals surface area contributed by atoms with Crippen molar-refractivity contribution >= 4 is 17.9 Å². The monoisotopic (exact) mass is 301 g/mol. The first-order chi connectivity index (χ1) is 9.81. The molecule has 3 atom stereocenters. The number of carboxylic acids is 1. The van der Waals surface area contributed by atoms with E-state index in [1.165, 1.54) is 0 Å². The maximum atomic E-state index is 12.1. The molecule has 1 unspecified atom stereocenters. The highest BCUT2D eigenvalue weighted by Crippen LogP contribution is 2.18. The van der Waals surface area contributed by atoms with Crippen LogP contribution in [0.5, 0.6) is 0 Å². The highest BCUT2D eigenvalue weighted by molar-refractivity contribution is 5.89. The molecule has 1 saturated heterocycles. The summed E-state index contributed by atoms with van der Waals surface area (Å²) < 4.78 is 0. The van der Waals surface area contributed by atoms with Gasteiger partial charge in [0, 0.05) is 26.1 Å². The van der Waals surface area contributed by atoms with Crippen LogP contribution in [0.25, 0.3) is 0 Å². The van der Waals surface area contributed by atoms with Crippen molar-refractivity contribution in [1.82, 2.24) is 15.1 Å². The Hall–Kier alpha value is -1.83. The molecular weight excluding hydrogens is 278 g/mol. The van der Waals surface area contributed by atoms with Crippen LogP contribution in [0.15, 0.2) is 0 Å². The van der Waals surface area contributed by atoms with Gasteiger partial charge in [-0.3, -0.25) is 4.79 Å². The summed E-state index contributed by atoms with van der Waals surface area (Å²) in [4.78, 5) is 37.9. The van der Waals surface area contributed by atoms with Gasteiger partial charge in [-0.05, 0) is 20.8 Å². The maximum Gasteiger partial charge on any atom is 0.326 e. The molecule has 120 valence electrons. The van der Waals surface area contributed by atoms with Crippen LogP contribution >= 0.6 is 0 Å². The Kier molecular flexibility index (Phi) is 5.95. The van der Waals surface area contributed by atoms with Gasteiger partial charge in [0.15, 0.2) is 0 Å². The molecule has 0 aromatic rings. The molecule has 1 rings (SSSR count). The van der Waals surface area contributed by atoms with Crippen LogP contribution in [0, 0.1) is 0 Å². The molecule has 0 radical (unpaired) electrons. The number of aliphatic carboxylic acids is 1. The van der Waals surface area contributed by atoms with Crippen molar-refractivity contribution < 1.29 is 24.6 Å². The first-order valence-electron chi connectivity index (χ1n) is 7.08. The first kappa shape index (κ1) is 17.2. The lowest BCUT2D eigenvalue weighted by molar-refractivity contribution is -0.141. The van der Waals surface area contributed by atoms with E-state index in [9.17, 15) is 19.5 Å². The fourth-order valence-electron chi connectivity index (χ4n) is 2.41. The lowest BCUT2D eigenvalue weighted by atomic mass is 10.2. The van der Waals surface area contributed by atoms with E-state index >= 15 is 0 Å². The SMILES string of the molecule is CCN(CC)C(=O)C(C)NC(=O)N1C[C@H](O)C[C@@H]1C(=O)O. The molecule has 8 nitrogen and oxygen atoms in total. The van der Waals surface area contributed by atoms with Crippen LogP contribution in [0.1, 0.15) is 27.2 Å². The van der Waals surface area contributed by atoms with Gasteiger partial charge in [-0.1, -0.05) is 0 Å². The molecule has 0 bridgehead atoms. The van der Waals surface area contributed by atoms with Crippen LogP contribution in [0.3, 0.4) is 0 Å². The molecule has 1 aliphatic rings. The summed E-state index contributed by atoms with van der Waals surface area (Å²) in [5, 5.41) is 21.1. The Morgan fingerprint density at radius 1 is 1.33 bits per heavy atom. The fourth-order valence-corrected chi connectivity index (χ4v) is 2.41. The summed E-state index contributed by atoms with van der Waals surface area (Å²) in [5.41, 5.74) is 0. The molecule has 1 heterocycles. The van der Waals surface area contributed by atoms with Crippen LogP contribution in [0.4, 0.5) is 4.79 Å². The quantitative estimate of drug-likeness (QED) is 0.632. The topological polar surface area (TPSA) is 110 Å². The van der Waals surface area contributed by atoms with E-state index in [1.54, 1.807) is 11.8 Å². The third-order valence-corrected chi connectivity index (χ3v) is 3.61. The van der Waals surface area contributed by atoms with Crippen molar-refractivity contribution in [2.45, 2.75) is 45.4 Å². The second-order valence-electron chi connectivity index (χ2n) is 5.08. The van der Waals surface area contributed by atoms with E-state index in [4.69, 9.17) is 5.11 Å². The van der Waals surface area contributed by atoms with E-state index in [-0.39, 0.29) is 18.9 Å². The summed E-state index contributed by atoms with van der Waals surface area (Å²) in [5.74, 6) is -1.38. The number of amides is 3. The average molecular weight is 301 g/mol. The Bertz CT molecular complexity index is 411. The number of aliphatic hydroxyl groups excluding tert-OH is 1. The lowest BCUT2D eigenvalue weighted by Gasteiger charge is -2.27. The van der Waals surface area contributed by atoms with Gasteiger partial charge in [-0.15, -0.1) is 0 Å². The smallest absolute Gasteiger partial charge is 0.326 e. The summed E-state index contributed by atoms with van der Waals surface area (Å²) in [7, 11) is 0. The standard InChI is InChI=1S/C13H23N3O5/c1-4-15(5-2)11(18)8(3)14-13(21)16-7-9(17)6-10(16)12(19)20/h8-10,17H,4-7H2,1-3H3,(H,14,21)(H,19,20)/t8?,9-,10-/m1/s1. The number of likely N-dealkylation sites (N-methyl/N-ethyl adjacent to an activating group) is 1. The van der Waals surface area contributed by atoms with Gasteiger partial charge in [0.05, 0.1) is 6.10 Å². The number of carboxylic acid groups (broad SMARTS) is 1. The first-order valence-corrected chi connectivity index (χ1v) is 7.08. The van der Waals surface area contributed by atoms with E-state index < -0.39 is 30.2 Å². The van der Waals surface area contributed by atoms with E-state index in [2.05, 4.69) is 5.32 Å². The fraction of sp³-hybridized carbons (Fsp3) is 0.769. The van der Waals surface area contributed by atoms with Crippen LogP contribution in [0.2, 0.25) is 0 Å². The van der Waals surface area contributed by atoms with Crippen molar-refractivity contribution in [3.05, 3.63) is 0 Å². The maximum absolute atomic E-state index is 12.1. The number of β-amino-alcohol motifs (C(OH)–C–C–N with tert-alkyl or cyclic N) is 1. The lowest BCUT2D eigenvalue weighted by Crippen LogP contribution is -2.53. The predicted octanol–water partition coefficient (Wildman–Crippen LogP) is -0.527. The Morgan fingerprint density at radius 2 is 1.90 bits per heavy atom. The van der Waals surface area contributed by atoms with Gasteiger partial charge < -0.3 is 25.3 Å². The normalized spacial score (nSPS) is 22.8. The second kappa shape index (κ2) is 7.26. The Labute approximate surface area is 123 Å². The number of nitrogens with zero attached hydrogens (tertiary/aromatic N) is 2. The summed E-state index contributed by atoms with van der Waals surface area (Å²) >= 11 is 0. The molecule has 8 heteroatoms. The minimum atomic E-state index is -1.16. The van der Waals surface area contributed by atoms with Gasteiger partial charge in [0.2, 0.25) is 5.91 Å². The number of likely N-dealkylation sites (tertiary alicyclic amines) is 1. The van der Waals surface area contributed by atoms with E-state index in [1.807, 2.05) is 13.8 Å². The molecule has 1 aliphatic heterocycles. The Morgan fingerprint density at radius 3 is 2.38 bits per heavy atom. The van der Waals surface area contributed by atoms with Crippen molar-refractivity contribution in [2.75, 3.05) is 19.6 Å². The molecular formula is C13H23N3O5. The molecule has 21 heavy (non-hydrogen) atoms. The van der Waals surface area contributed by atoms with E-state index in [0.29, 0.717) is 13.1 Å². The zero-order valence-electron chi connectivity index (χ0n) is 12.6. The minimum absolute atomic E-state index is 0.00112. The van der Waals surface area contributed by atoms with Gasteiger partial charge in [-0.2, -0.15) is 0 Å². The summed E-state index contributed by atoms with van der Waals surface area (Å²) in [6.07, 6.45) is -0.855. The van der Waals surface area contributed by atoms with Gasteiger partial charge >= 0.3 is 12.0 Å². The molecule has 3 N–H and O–H groups in total. The predicted molar refractivity (Wildman–Crippen MR) is 74.7 cm³/mol. The molecule has 0 aliphatic carbocycles. The molecule has 1 fully saturated rings. The van der Waals surface area contributed by atoms with E-state index in [0.717, 1.165) is 4.90 Å². The summed E-state index contributed by atoms with van der Waals surface area (Å²) in [6, 6.07) is -2.45. The summed E-state index contributed by atoms with van der Waals surface area (Å²) in [6.45, 7) is 6.27. The highest BCUT2D eigenvalue weighted by atomic mass is 16.4.